The van der Waals surface area contributed by atoms with E-state index in [1.165, 1.54) is 21.0 Å². The zero-order valence-corrected chi connectivity index (χ0v) is 23.3. The van der Waals surface area contributed by atoms with Crippen LogP contribution < -0.4 is 10.3 Å². The number of aliphatic hydroxyl groups is 2. The molecule has 1 aromatic carbocycles. The average Bonchev–Trinajstić information content (AvgIpc) is 3.22. The predicted octanol–water partition coefficient (Wildman–Crippen LogP) is 2.24. The second-order valence-electron chi connectivity index (χ2n) is 9.90. The molecule has 3 aromatic rings. The maximum Gasteiger partial charge on any atom is 0.275 e. The SMILES string of the molecule is CCCOc1ccc(S(=O)(=O)N2CCC([C@H](O)CO)CC2)cc1-c1nc2c(CCC)c(C=O)n(C)c2c(=O)[nH]1. The zero-order chi connectivity index (χ0) is 28.3. The van der Waals surface area contributed by atoms with Gasteiger partial charge in [-0.3, -0.25) is 9.59 Å². The van der Waals surface area contributed by atoms with Crippen molar-refractivity contribution in [2.45, 2.75) is 57.0 Å². The third kappa shape index (κ3) is 5.51. The Labute approximate surface area is 227 Å². The number of nitrogens with zero attached hydrogens (tertiary/aromatic N) is 3. The van der Waals surface area contributed by atoms with E-state index in [4.69, 9.17) is 9.72 Å². The first-order chi connectivity index (χ1) is 18.7. The third-order valence-electron chi connectivity index (χ3n) is 7.33. The summed E-state index contributed by atoms with van der Waals surface area (Å²) in [5.74, 6) is 0.370. The van der Waals surface area contributed by atoms with Gasteiger partial charge in [0.05, 0.1) is 35.5 Å². The van der Waals surface area contributed by atoms with E-state index < -0.39 is 21.7 Å². The van der Waals surface area contributed by atoms with E-state index >= 15 is 0 Å². The second kappa shape index (κ2) is 12.0. The molecule has 2 aromatic heterocycles. The summed E-state index contributed by atoms with van der Waals surface area (Å²) >= 11 is 0. The van der Waals surface area contributed by atoms with Crippen LogP contribution in [0.5, 0.6) is 5.75 Å². The highest BCUT2D eigenvalue weighted by Crippen LogP contribution is 2.34. The van der Waals surface area contributed by atoms with Gasteiger partial charge in [-0.1, -0.05) is 20.3 Å². The number of aldehydes is 1. The number of ether oxygens (including phenoxy) is 1. The van der Waals surface area contributed by atoms with Gasteiger partial charge in [-0.2, -0.15) is 4.31 Å². The Kier molecular flexibility index (Phi) is 8.90. The van der Waals surface area contributed by atoms with Crippen molar-refractivity contribution in [3.05, 3.63) is 39.8 Å². The molecule has 1 atom stereocenters. The molecule has 39 heavy (non-hydrogen) atoms. The summed E-state index contributed by atoms with van der Waals surface area (Å²) in [6, 6.07) is 4.51. The van der Waals surface area contributed by atoms with Crippen LogP contribution in [0.25, 0.3) is 22.4 Å². The summed E-state index contributed by atoms with van der Waals surface area (Å²) < 4.78 is 36.0. The fourth-order valence-electron chi connectivity index (χ4n) is 5.20. The first kappa shape index (κ1) is 28.9. The van der Waals surface area contributed by atoms with Gasteiger partial charge in [0, 0.05) is 25.7 Å². The lowest BCUT2D eigenvalue weighted by atomic mass is 9.93. The number of rotatable bonds is 11. The third-order valence-corrected chi connectivity index (χ3v) is 9.23. The predicted molar refractivity (Wildman–Crippen MR) is 147 cm³/mol. The molecule has 1 aliphatic rings. The Hall–Kier alpha value is -3.06. The molecule has 11 nitrogen and oxygen atoms in total. The standard InChI is InChI=1S/C27H36N4O7S/c1-4-6-19-21(15-32)30(3)25-24(19)28-26(29-27(25)35)20-14-18(7-8-23(20)38-13-5-2)39(36,37)31-11-9-17(10-12-31)22(34)16-33/h7-8,14-15,17,22,33-34H,4-6,9-13,16H2,1-3H3,(H,28,29,35)/t22-/m1/s1. The quantitative estimate of drug-likeness (QED) is 0.302. The van der Waals surface area contributed by atoms with E-state index in [2.05, 4.69) is 4.98 Å². The lowest BCUT2D eigenvalue weighted by molar-refractivity contribution is 0.0278. The number of aryl methyl sites for hydroxylation is 2. The molecule has 3 N–H and O–H groups in total. The molecule has 0 amide bonds. The first-order valence-corrected chi connectivity index (χ1v) is 14.7. The van der Waals surface area contributed by atoms with Gasteiger partial charge in [0.15, 0.2) is 6.29 Å². The van der Waals surface area contributed by atoms with Crippen molar-refractivity contribution < 1.29 is 28.2 Å². The molecule has 4 rings (SSSR count). The monoisotopic (exact) mass is 560 g/mol. The minimum atomic E-state index is -3.90. The van der Waals surface area contributed by atoms with Gasteiger partial charge in [0.2, 0.25) is 10.0 Å². The number of benzene rings is 1. The largest absolute Gasteiger partial charge is 0.493 e. The van der Waals surface area contributed by atoms with Crippen LogP contribution in [0.3, 0.4) is 0 Å². The summed E-state index contributed by atoms with van der Waals surface area (Å²) in [6.45, 7) is 4.38. The van der Waals surface area contributed by atoms with Gasteiger partial charge in [0.1, 0.15) is 22.6 Å². The molecule has 1 fully saturated rings. The van der Waals surface area contributed by atoms with E-state index in [1.807, 2.05) is 13.8 Å². The normalized spacial score (nSPS) is 16.0. The molecule has 1 aliphatic heterocycles. The maximum absolute atomic E-state index is 13.6. The van der Waals surface area contributed by atoms with E-state index in [-0.39, 0.29) is 41.9 Å². The zero-order valence-electron chi connectivity index (χ0n) is 22.5. The Morgan fingerprint density at radius 1 is 1.23 bits per heavy atom. The number of sulfonamides is 1. The van der Waals surface area contributed by atoms with Crippen LogP contribution >= 0.6 is 0 Å². The molecule has 212 valence electrons. The van der Waals surface area contributed by atoms with Crippen molar-refractivity contribution in [1.82, 2.24) is 18.8 Å². The van der Waals surface area contributed by atoms with E-state index in [0.29, 0.717) is 54.0 Å². The summed E-state index contributed by atoms with van der Waals surface area (Å²) in [5.41, 5.74) is 1.62. The second-order valence-corrected chi connectivity index (χ2v) is 11.8. The molecule has 1 saturated heterocycles. The molecule has 12 heteroatoms. The number of aromatic nitrogens is 3. The molecule has 3 heterocycles. The highest BCUT2D eigenvalue weighted by Gasteiger charge is 2.32. The number of piperidine rings is 1. The molecular formula is C27H36N4O7S. The van der Waals surface area contributed by atoms with E-state index in [9.17, 15) is 28.2 Å². The van der Waals surface area contributed by atoms with E-state index in [1.54, 1.807) is 13.1 Å². The smallest absolute Gasteiger partial charge is 0.275 e. The van der Waals surface area contributed by atoms with Crippen molar-refractivity contribution >= 4 is 27.3 Å². The number of aromatic amines is 1. The molecule has 0 spiro atoms. The van der Waals surface area contributed by atoms with Crippen LogP contribution in [0.4, 0.5) is 0 Å². The highest BCUT2D eigenvalue weighted by atomic mass is 32.2. The van der Waals surface area contributed by atoms with Crippen molar-refractivity contribution in [3.8, 4) is 17.1 Å². The number of carbonyl (C=O) groups excluding carboxylic acids is 1. The van der Waals surface area contributed by atoms with Crippen molar-refractivity contribution in [1.29, 1.82) is 0 Å². The molecule has 0 bridgehead atoms. The lowest BCUT2D eigenvalue weighted by Crippen LogP contribution is -2.41. The lowest BCUT2D eigenvalue weighted by Gasteiger charge is -2.33. The molecule has 0 unspecified atom stereocenters. The molecule has 0 radical (unpaired) electrons. The minimum Gasteiger partial charge on any atom is -0.493 e. The van der Waals surface area contributed by atoms with Crippen LogP contribution in [-0.2, 0) is 23.5 Å². The van der Waals surface area contributed by atoms with Gasteiger partial charge in [-0.25, -0.2) is 13.4 Å². The first-order valence-electron chi connectivity index (χ1n) is 13.3. The summed E-state index contributed by atoms with van der Waals surface area (Å²) in [7, 11) is -2.25. The highest BCUT2D eigenvalue weighted by molar-refractivity contribution is 7.89. The molecule has 0 aliphatic carbocycles. The van der Waals surface area contributed by atoms with Gasteiger partial charge >= 0.3 is 0 Å². The van der Waals surface area contributed by atoms with Crippen LogP contribution in [0.15, 0.2) is 27.9 Å². The van der Waals surface area contributed by atoms with Crippen molar-refractivity contribution in [2.24, 2.45) is 13.0 Å². The topological polar surface area (TPSA) is 155 Å². The van der Waals surface area contributed by atoms with Crippen LogP contribution in [0.1, 0.15) is 55.6 Å². The summed E-state index contributed by atoms with van der Waals surface area (Å²) in [6.07, 6.45) is 2.74. The van der Waals surface area contributed by atoms with Gasteiger partial charge in [0.25, 0.3) is 5.56 Å². The summed E-state index contributed by atoms with van der Waals surface area (Å²) in [4.78, 5) is 32.6. The molecular weight excluding hydrogens is 524 g/mol. The van der Waals surface area contributed by atoms with Gasteiger partial charge < -0.3 is 24.5 Å². The van der Waals surface area contributed by atoms with Crippen LogP contribution in [-0.4, -0.2) is 76.2 Å². The molecule has 0 saturated carbocycles. The Balaban J connectivity index is 1.81. The number of carbonyl (C=O) groups is 1. The van der Waals surface area contributed by atoms with Gasteiger partial charge in [-0.15, -0.1) is 0 Å². The fourth-order valence-corrected chi connectivity index (χ4v) is 6.69. The maximum atomic E-state index is 13.6. The summed E-state index contributed by atoms with van der Waals surface area (Å²) in [5, 5.41) is 19.2. The number of hydrogen-bond donors (Lipinski definition) is 3. The Bertz CT molecular complexity index is 1500. The number of fused-ring (bicyclic) bond motifs is 1. The number of H-pyrrole nitrogens is 1. The van der Waals surface area contributed by atoms with Crippen molar-refractivity contribution in [3.63, 3.8) is 0 Å². The van der Waals surface area contributed by atoms with Crippen LogP contribution in [0.2, 0.25) is 0 Å². The minimum absolute atomic E-state index is 0.0284. The number of hydrogen-bond acceptors (Lipinski definition) is 8. The number of aliphatic hydroxyl groups excluding tert-OH is 2. The van der Waals surface area contributed by atoms with Crippen LogP contribution in [0, 0.1) is 5.92 Å². The van der Waals surface area contributed by atoms with Gasteiger partial charge in [-0.05, 0) is 49.8 Å². The van der Waals surface area contributed by atoms with Crippen molar-refractivity contribution in [2.75, 3.05) is 26.3 Å². The Morgan fingerprint density at radius 2 is 1.95 bits per heavy atom. The Morgan fingerprint density at radius 3 is 2.56 bits per heavy atom. The fraction of sp³-hybridized carbons (Fsp3) is 0.519. The van der Waals surface area contributed by atoms with E-state index in [0.717, 1.165) is 19.1 Å². The number of nitrogens with one attached hydrogen (secondary N) is 1. The average molecular weight is 561 g/mol.